The van der Waals surface area contributed by atoms with Crippen LogP contribution in [0, 0.1) is 11.8 Å². The highest BCUT2D eigenvalue weighted by Crippen LogP contribution is 2.32. The number of benzene rings is 1. The zero-order chi connectivity index (χ0) is 13.8. The van der Waals surface area contributed by atoms with Crippen LogP contribution in [-0.2, 0) is 0 Å². The van der Waals surface area contributed by atoms with Crippen LogP contribution in [0.3, 0.4) is 0 Å². The van der Waals surface area contributed by atoms with E-state index in [-0.39, 0.29) is 5.91 Å². The van der Waals surface area contributed by atoms with Crippen molar-refractivity contribution in [1.29, 1.82) is 0 Å². The van der Waals surface area contributed by atoms with Gasteiger partial charge in [-0.05, 0) is 42.9 Å². The molecule has 0 aliphatic heterocycles. The molecular weight excluding hydrogens is 349 g/mol. The lowest BCUT2D eigenvalue weighted by atomic mass is 9.98. The van der Waals surface area contributed by atoms with Crippen molar-refractivity contribution in [2.45, 2.75) is 19.3 Å². The van der Waals surface area contributed by atoms with E-state index in [9.17, 15) is 4.79 Å². The molecule has 1 fully saturated rings. The van der Waals surface area contributed by atoms with Crippen molar-refractivity contribution in [3.05, 3.63) is 33.8 Å². The van der Waals surface area contributed by atoms with Crippen LogP contribution in [0.1, 0.15) is 29.6 Å². The van der Waals surface area contributed by atoms with Gasteiger partial charge in [0.15, 0.2) is 0 Å². The highest BCUT2D eigenvalue weighted by Gasteiger charge is 2.26. The van der Waals surface area contributed by atoms with Crippen LogP contribution in [0.15, 0.2) is 18.2 Å². The minimum absolute atomic E-state index is 0.107. The SMILES string of the molecule is O=C(NCC1CCCC1CBr)c1cc(Cl)cc(Cl)c1. The Kier molecular flexibility index (Phi) is 5.55. The zero-order valence-electron chi connectivity index (χ0n) is 10.5. The standard InChI is InChI=1S/C14H16BrCl2NO/c15-7-9-2-1-3-10(9)8-18-14(19)11-4-12(16)6-13(17)5-11/h4-6,9-10H,1-3,7-8H2,(H,18,19). The number of amides is 1. The van der Waals surface area contributed by atoms with Crippen LogP contribution in [0.4, 0.5) is 0 Å². The minimum atomic E-state index is -0.107. The topological polar surface area (TPSA) is 29.1 Å². The van der Waals surface area contributed by atoms with Gasteiger partial charge in [-0.1, -0.05) is 45.6 Å². The third-order valence-electron chi connectivity index (χ3n) is 3.66. The highest BCUT2D eigenvalue weighted by atomic mass is 79.9. The number of carbonyl (C=O) groups excluding carboxylic acids is 1. The molecule has 0 bridgehead atoms. The van der Waals surface area contributed by atoms with E-state index < -0.39 is 0 Å². The number of hydrogen-bond acceptors (Lipinski definition) is 1. The van der Waals surface area contributed by atoms with E-state index in [1.54, 1.807) is 18.2 Å². The second kappa shape index (κ2) is 6.96. The first-order chi connectivity index (χ1) is 9.10. The number of halogens is 3. The van der Waals surface area contributed by atoms with Crippen molar-refractivity contribution in [2.75, 3.05) is 11.9 Å². The van der Waals surface area contributed by atoms with Crippen molar-refractivity contribution < 1.29 is 4.79 Å². The summed E-state index contributed by atoms with van der Waals surface area (Å²) in [4.78, 5) is 12.1. The fraction of sp³-hybridized carbons (Fsp3) is 0.500. The maximum Gasteiger partial charge on any atom is 0.251 e. The lowest BCUT2D eigenvalue weighted by Gasteiger charge is -2.17. The quantitative estimate of drug-likeness (QED) is 0.781. The monoisotopic (exact) mass is 363 g/mol. The molecule has 0 saturated heterocycles. The molecule has 2 atom stereocenters. The molecule has 2 unspecified atom stereocenters. The molecule has 0 aromatic heterocycles. The van der Waals surface area contributed by atoms with E-state index in [4.69, 9.17) is 23.2 Å². The van der Waals surface area contributed by atoms with Crippen LogP contribution < -0.4 is 5.32 Å². The van der Waals surface area contributed by atoms with Crippen LogP contribution in [0.25, 0.3) is 0 Å². The largest absolute Gasteiger partial charge is 0.352 e. The van der Waals surface area contributed by atoms with E-state index in [1.165, 1.54) is 19.3 Å². The number of nitrogens with one attached hydrogen (secondary N) is 1. The summed E-state index contributed by atoms with van der Waals surface area (Å²) in [6, 6.07) is 4.90. The van der Waals surface area contributed by atoms with Gasteiger partial charge in [0.05, 0.1) is 0 Å². The van der Waals surface area contributed by atoms with Gasteiger partial charge in [-0.3, -0.25) is 4.79 Å². The molecule has 2 nitrogen and oxygen atoms in total. The molecule has 1 saturated carbocycles. The first kappa shape index (κ1) is 15.1. The van der Waals surface area contributed by atoms with Gasteiger partial charge in [0.2, 0.25) is 0 Å². The van der Waals surface area contributed by atoms with Gasteiger partial charge in [0, 0.05) is 27.5 Å². The molecule has 19 heavy (non-hydrogen) atoms. The fourth-order valence-corrected chi connectivity index (χ4v) is 3.97. The molecule has 0 heterocycles. The Morgan fingerprint density at radius 3 is 2.47 bits per heavy atom. The molecule has 5 heteroatoms. The minimum Gasteiger partial charge on any atom is -0.352 e. The van der Waals surface area contributed by atoms with Gasteiger partial charge < -0.3 is 5.32 Å². The lowest BCUT2D eigenvalue weighted by molar-refractivity contribution is 0.0945. The average molecular weight is 365 g/mol. The van der Waals surface area contributed by atoms with E-state index in [1.807, 2.05) is 0 Å². The smallest absolute Gasteiger partial charge is 0.251 e. The molecule has 1 amide bonds. The zero-order valence-corrected chi connectivity index (χ0v) is 13.6. The van der Waals surface area contributed by atoms with Crippen molar-refractivity contribution in [3.8, 4) is 0 Å². The van der Waals surface area contributed by atoms with E-state index in [0.717, 1.165) is 11.9 Å². The number of alkyl halides is 1. The number of carbonyl (C=O) groups is 1. The van der Waals surface area contributed by atoms with Crippen molar-refractivity contribution in [1.82, 2.24) is 5.32 Å². The molecule has 1 aromatic rings. The van der Waals surface area contributed by atoms with Gasteiger partial charge in [0.25, 0.3) is 5.91 Å². The Labute approximate surface area is 132 Å². The summed E-state index contributed by atoms with van der Waals surface area (Å²) < 4.78 is 0. The van der Waals surface area contributed by atoms with Gasteiger partial charge in [-0.15, -0.1) is 0 Å². The van der Waals surface area contributed by atoms with Crippen LogP contribution >= 0.6 is 39.1 Å². The highest BCUT2D eigenvalue weighted by molar-refractivity contribution is 9.09. The van der Waals surface area contributed by atoms with Crippen molar-refractivity contribution in [3.63, 3.8) is 0 Å². The Morgan fingerprint density at radius 2 is 1.84 bits per heavy atom. The Bertz CT molecular complexity index is 447. The third-order valence-corrected chi connectivity index (χ3v) is 4.93. The van der Waals surface area contributed by atoms with Crippen LogP contribution in [0.2, 0.25) is 10.0 Å². The summed E-state index contributed by atoms with van der Waals surface area (Å²) in [6.07, 6.45) is 3.68. The first-order valence-electron chi connectivity index (χ1n) is 6.40. The normalized spacial score (nSPS) is 22.5. The van der Waals surface area contributed by atoms with Gasteiger partial charge in [0.1, 0.15) is 0 Å². The second-order valence-electron chi connectivity index (χ2n) is 4.97. The van der Waals surface area contributed by atoms with Crippen LogP contribution in [0.5, 0.6) is 0 Å². The maximum atomic E-state index is 12.1. The van der Waals surface area contributed by atoms with Crippen LogP contribution in [-0.4, -0.2) is 17.8 Å². The van der Waals surface area contributed by atoms with E-state index in [2.05, 4.69) is 21.2 Å². The van der Waals surface area contributed by atoms with Crippen molar-refractivity contribution >= 4 is 45.0 Å². The van der Waals surface area contributed by atoms with Crippen molar-refractivity contribution in [2.24, 2.45) is 11.8 Å². The summed E-state index contributed by atoms with van der Waals surface area (Å²) in [5.41, 5.74) is 0.519. The molecule has 2 rings (SSSR count). The molecular formula is C14H16BrCl2NO. The summed E-state index contributed by atoms with van der Waals surface area (Å²) >= 11 is 15.3. The summed E-state index contributed by atoms with van der Waals surface area (Å²) in [5, 5.41) is 4.96. The maximum absolute atomic E-state index is 12.1. The third kappa shape index (κ3) is 4.11. The molecule has 0 spiro atoms. The Morgan fingerprint density at radius 1 is 1.21 bits per heavy atom. The lowest BCUT2D eigenvalue weighted by Crippen LogP contribution is -2.31. The Hall–Kier alpha value is -0.250. The molecule has 1 aromatic carbocycles. The second-order valence-corrected chi connectivity index (χ2v) is 6.49. The van der Waals surface area contributed by atoms with Gasteiger partial charge in [-0.25, -0.2) is 0 Å². The first-order valence-corrected chi connectivity index (χ1v) is 8.28. The fourth-order valence-electron chi connectivity index (χ4n) is 2.60. The summed E-state index contributed by atoms with van der Waals surface area (Å²) in [6.45, 7) is 0.721. The predicted molar refractivity (Wildman–Crippen MR) is 83.4 cm³/mol. The van der Waals surface area contributed by atoms with E-state index >= 15 is 0 Å². The molecule has 1 N–H and O–H groups in total. The summed E-state index contributed by atoms with van der Waals surface area (Å²) in [5.74, 6) is 1.13. The van der Waals surface area contributed by atoms with E-state index in [0.29, 0.717) is 27.4 Å². The van der Waals surface area contributed by atoms with Gasteiger partial charge in [-0.2, -0.15) is 0 Å². The molecule has 0 radical (unpaired) electrons. The molecule has 1 aliphatic carbocycles. The Balaban J connectivity index is 1.94. The van der Waals surface area contributed by atoms with Gasteiger partial charge >= 0.3 is 0 Å². The molecule has 1 aliphatic rings. The molecule has 104 valence electrons. The number of rotatable bonds is 4. The average Bonchev–Trinajstić information content (AvgIpc) is 2.82. The summed E-state index contributed by atoms with van der Waals surface area (Å²) in [7, 11) is 0. The predicted octanol–water partition coefficient (Wildman–Crippen LogP) is 4.53. The number of hydrogen-bond donors (Lipinski definition) is 1.